The van der Waals surface area contributed by atoms with E-state index in [0.717, 1.165) is 25.1 Å². The maximum atomic E-state index is 13.5. The third-order valence-electron chi connectivity index (χ3n) is 11.3. The maximum Gasteiger partial charge on any atom is 0.410 e. The van der Waals surface area contributed by atoms with E-state index in [1.807, 2.05) is 59.2 Å². The van der Waals surface area contributed by atoms with Gasteiger partial charge in [0.2, 0.25) is 0 Å². The van der Waals surface area contributed by atoms with Crippen LogP contribution in [0.2, 0.25) is 0 Å². The molecule has 12 heteroatoms. The smallest absolute Gasteiger partial charge is 0.410 e. The van der Waals surface area contributed by atoms with Gasteiger partial charge in [0.15, 0.2) is 6.10 Å². The topological polar surface area (TPSA) is 132 Å². The molecule has 52 heavy (non-hydrogen) atoms. The number of ether oxygens (including phenoxy) is 3. The lowest BCUT2D eigenvalue weighted by atomic mass is 9.89. The number of likely N-dealkylation sites (N-methyl/N-ethyl adjacent to an activating group) is 1. The van der Waals surface area contributed by atoms with Gasteiger partial charge in [0.1, 0.15) is 11.7 Å². The molecule has 1 aliphatic carbocycles. The number of piperazine rings is 1. The molecule has 7 atom stereocenters. The van der Waals surface area contributed by atoms with Crippen LogP contribution in [0.4, 0.5) is 9.59 Å². The number of aliphatic hydroxyl groups excluding tert-OH is 1. The average molecular weight is 731 g/mol. The van der Waals surface area contributed by atoms with Crippen molar-refractivity contribution in [2.45, 2.75) is 128 Å². The summed E-state index contributed by atoms with van der Waals surface area (Å²) >= 11 is 0. The molecule has 3 aliphatic heterocycles. The van der Waals surface area contributed by atoms with Gasteiger partial charge < -0.3 is 39.1 Å². The quantitative estimate of drug-likeness (QED) is 0.114. The summed E-state index contributed by atoms with van der Waals surface area (Å²) in [7, 11) is 4.04. The lowest BCUT2D eigenvalue weighted by Crippen LogP contribution is -2.53. The monoisotopic (exact) mass is 730 g/mol. The van der Waals surface area contributed by atoms with E-state index in [-0.39, 0.29) is 43.8 Å². The Balaban J connectivity index is 1.38. The van der Waals surface area contributed by atoms with Crippen molar-refractivity contribution in [2.75, 3.05) is 60.0 Å². The molecule has 294 valence electrons. The van der Waals surface area contributed by atoms with Gasteiger partial charge in [0, 0.05) is 63.2 Å². The molecular weight excluding hydrogens is 664 g/mol. The van der Waals surface area contributed by atoms with Crippen LogP contribution < -0.4 is 0 Å². The average Bonchev–Trinajstić information content (AvgIpc) is 3.46. The van der Waals surface area contributed by atoms with Crippen LogP contribution in [0.1, 0.15) is 91.9 Å². The molecule has 4 rings (SSSR count). The van der Waals surface area contributed by atoms with Gasteiger partial charge in [-0.15, -0.1) is 0 Å². The fraction of sp³-hybridized carbons (Fsp3) is 0.775. The van der Waals surface area contributed by atoms with Crippen LogP contribution in [0.15, 0.2) is 36.0 Å². The minimum Gasteiger partial charge on any atom is -0.457 e. The highest BCUT2D eigenvalue weighted by molar-refractivity contribution is 5.70. The van der Waals surface area contributed by atoms with Crippen molar-refractivity contribution >= 4 is 18.2 Å². The number of allylic oxidation sites excluding steroid dienone is 2. The van der Waals surface area contributed by atoms with Crippen molar-refractivity contribution in [1.29, 1.82) is 0 Å². The summed E-state index contributed by atoms with van der Waals surface area (Å²) in [6, 6.07) is 0.933. The second-order valence-corrected chi connectivity index (χ2v) is 16.1. The maximum absolute atomic E-state index is 13.5. The zero-order valence-corrected chi connectivity index (χ0v) is 32.6. The van der Waals surface area contributed by atoms with E-state index < -0.39 is 36.0 Å². The van der Waals surface area contributed by atoms with Crippen LogP contribution >= 0.6 is 0 Å². The molecule has 1 unspecified atom stereocenters. The molecule has 0 aromatic carbocycles. The molecule has 3 fully saturated rings. The first kappa shape index (κ1) is 41.8. The zero-order valence-electron chi connectivity index (χ0n) is 32.6. The standard InChI is InChI=1S/C40H66N4O8/c1-29(28-50-38(47)44-21-19-33(27-44)41(5)6)12-11-13-30(2)37-31(3)16-17-35(40(4,49)20-18-34(45)26-36(46)52-37)51-39(48)43-24-22-42(23-25-43)32-14-9-7-8-10-15-32/h11-13,16-17,29,31-35,37,45,49H,7-10,14-15,18-28H2,1-6H3/b12-11+,17-16+,30-13+/t29?,31-,33-,34-,35-,37+,40-/m0/s1. The molecule has 0 aromatic rings. The third-order valence-corrected chi connectivity index (χ3v) is 11.3. The molecule has 2 saturated heterocycles. The number of likely N-dealkylation sites (tertiary alicyclic amines) is 1. The summed E-state index contributed by atoms with van der Waals surface area (Å²) in [5.41, 5.74) is -0.694. The van der Waals surface area contributed by atoms with Crippen molar-refractivity contribution in [1.82, 2.24) is 19.6 Å². The van der Waals surface area contributed by atoms with Gasteiger partial charge in [-0.3, -0.25) is 9.69 Å². The van der Waals surface area contributed by atoms with Crippen LogP contribution in [0, 0.1) is 11.8 Å². The van der Waals surface area contributed by atoms with Gasteiger partial charge in [-0.25, -0.2) is 9.59 Å². The lowest BCUT2D eigenvalue weighted by Gasteiger charge is -2.40. The number of cyclic esters (lactones) is 1. The summed E-state index contributed by atoms with van der Waals surface area (Å²) in [6.45, 7) is 11.7. The summed E-state index contributed by atoms with van der Waals surface area (Å²) in [5, 5.41) is 22.2. The Labute approximate surface area is 311 Å². The van der Waals surface area contributed by atoms with E-state index >= 15 is 0 Å². The fourth-order valence-electron chi connectivity index (χ4n) is 7.70. The summed E-state index contributed by atoms with van der Waals surface area (Å²) in [6.07, 6.45) is 14.4. The first-order valence-electron chi connectivity index (χ1n) is 19.6. The molecular formula is C40H66N4O8. The summed E-state index contributed by atoms with van der Waals surface area (Å²) in [4.78, 5) is 47.1. The Bertz CT molecular complexity index is 1250. The number of carbonyl (C=O) groups excluding carboxylic acids is 3. The largest absolute Gasteiger partial charge is 0.457 e. The van der Waals surface area contributed by atoms with Crippen LogP contribution in [0.5, 0.6) is 0 Å². The Morgan fingerprint density at radius 3 is 2.37 bits per heavy atom. The second kappa shape index (κ2) is 19.9. The second-order valence-electron chi connectivity index (χ2n) is 16.1. The predicted molar refractivity (Wildman–Crippen MR) is 201 cm³/mol. The first-order valence-corrected chi connectivity index (χ1v) is 19.6. The number of hydrogen-bond donors (Lipinski definition) is 2. The SMILES string of the molecule is C/C(=C\C=C\C(C)COC(=O)N1CC[C@H](N(C)C)C1)[C@H]1OC(=O)C[C@@H](O)CC[C@](C)(O)[C@@H](OC(=O)N2CCN(C3CCCCCC3)CC2)/C=C/[C@@H]1C. The molecule has 2 N–H and O–H groups in total. The Kier molecular flexibility index (Phi) is 16.0. The number of amides is 2. The van der Waals surface area contributed by atoms with E-state index in [2.05, 4.69) is 9.80 Å². The summed E-state index contributed by atoms with van der Waals surface area (Å²) in [5.74, 6) is -0.904. The van der Waals surface area contributed by atoms with Crippen molar-refractivity contribution in [3.63, 3.8) is 0 Å². The van der Waals surface area contributed by atoms with E-state index in [9.17, 15) is 24.6 Å². The van der Waals surface area contributed by atoms with Crippen molar-refractivity contribution < 1.29 is 38.8 Å². The number of esters is 1. The number of nitrogens with zero attached hydrogens (tertiary/aromatic N) is 4. The number of rotatable bonds is 8. The van der Waals surface area contributed by atoms with Gasteiger partial charge >= 0.3 is 18.2 Å². The molecule has 0 radical (unpaired) electrons. The van der Waals surface area contributed by atoms with E-state index in [1.54, 1.807) is 22.8 Å². The minimum atomic E-state index is -1.47. The first-order chi connectivity index (χ1) is 24.7. The molecule has 3 heterocycles. The Morgan fingerprint density at radius 2 is 1.71 bits per heavy atom. The summed E-state index contributed by atoms with van der Waals surface area (Å²) < 4.78 is 17.5. The van der Waals surface area contributed by atoms with Gasteiger partial charge in [0.05, 0.1) is 19.1 Å². The number of carbonyl (C=O) groups is 3. The van der Waals surface area contributed by atoms with Gasteiger partial charge in [-0.05, 0) is 71.7 Å². The van der Waals surface area contributed by atoms with E-state index in [4.69, 9.17) is 14.2 Å². The highest BCUT2D eigenvalue weighted by Crippen LogP contribution is 2.28. The highest BCUT2D eigenvalue weighted by Gasteiger charge is 2.37. The highest BCUT2D eigenvalue weighted by atomic mass is 16.6. The zero-order chi connectivity index (χ0) is 37.8. The van der Waals surface area contributed by atoms with Gasteiger partial charge in [-0.1, -0.05) is 63.8 Å². The Hall–Kier alpha value is -2.93. The minimum absolute atomic E-state index is 0.0379. The Morgan fingerprint density at radius 1 is 1.02 bits per heavy atom. The molecule has 0 spiro atoms. The molecule has 4 aliphatic rings. The molecule has 0 bridgehead atoms. The number of hydrogen-bond acceptors (Lipinski definition) is 10. The normalized spacial score (nSPS) is 32.1. The van der Waals surface area contributed by atoms with Crippen LogP contribution in [-0.4, -0.2) is 144 Å². The van der Waals surface area contributed by atoms with Gasteiger partial charge in [0.25, 0.3) is 0 Å². The molecule has 0 aromatic heterocycles. The number of aliphatic hydroxyl groups is 2. The molecule has 12 nitrogen and oxygen atoms in total. The van der Waals surface area contributed by atoms with Crippen LogP contribution in [0.25, 0.3) is 0 Å². The molecule has 1 saturated carbocycles. The predicted octanol–water partition coefficient (Wildman–Crippen LogP) is 5.14. The van der Waals surface area contributed by atoms with Crippen LogP contribution in [0.3, 0.4) is 0 Å². The van der Waals surface area contributed by atoms with E-state index in [0.29, 0.717) is 38.3 Å². The third kappa shape index (κ3) is 12.6. The van der Waals surface area contributed by atoms with Crippen LogP contribution in [-0.2, 0) is 19.0 Å². The van der Waals surface area contributed by atoms with Crippen molar-refractivity contribution in [3.8, 4) is 0 Å². The van der Waals surface area contributed by atoms with E-state index in [1.165, 1.54) is 38.5 Å². The van der Waals surface area contributed by atoms with Gasteiger partial charge in [-0.2, -0.15) is 0 Å². The fourth-order valence-corrected chi connectivity index (χ4v) is 7.70. The molecule has 2 amide bonds. The lowest BCUT2D eigenvalue weighted by molar-refractivity contribution is -0.151. The van der Waals surface area contributed by atoms with Crippen molar-refractivity contribution in [3.05, 3.63) is 36.0 Å². The van der Waals surface area contributed by atoms with Crippen molar-refractivity contribution in [2.24, 2.45) is 11.8 Å².